The van der Waals surface area contributed by atoms with Crippen LogP contribution >= 0.6 is 0 Å². The van der Waals surface area contributed by atoms with Crippen molar-refractivity contribution in [3.8, 4) is 0 Å². The molecule has 7 heteroatoms. The molecular formula is C7H8N4O2S. The Labute approximate surface area is 82.3 Å². The van der Waals surface area contributed by atoms with Crippen LogP contribution in [-0.2, 0) is 17.4 Å². The monoisotopic (exact) mass is 212 g/mol. The van der Waals surface area contributed by atoms with E-state index in [0.29, 0.717) is 5.69 Å². The number of benzene rings is 1. The first-order valence-corrected chi connectivity index (χ1v) is 4.91. The van der Waals surface area contributed by atoms with Crippen LogP contribution in [0.2, 0.25) is 0 Å². The van der Waals surface area contributed by atoms with Crippen molar-refractivity contribution < 1.29 is 8.42 Å². The predicted octanol–water partition coefficient (Wildman–Crippen LogP) is 1.44. The number of nitrogens with zero attached hydrogens (tertiary/aromatic N) is 3. The normalized spacial score (nSPS) is 9.50. The summed E-state index contributed by atoms with van der Waals surface area (Å²) in [5.74, 6) is 0. The van der Waals surface area contributed by atoms with Gasteiger partial charge in [0, 0.05) is 10.6 Å². The Balaban J connectivity index is 2.72. The van der Waals surface area contributed by atoms with Gasteiger partial charge in [0.2, 0.25) is 10.9 Å². The summed E-state index contributed by atoms with van der Waals surface area (Å²) in [5.41, 5.74) is 9.39. The molecule has 1 aromatic carbocycles. The van der Waals surface area contributed by atoms with Crippen LogP contribution in [-0.4, -0.2) is 8.42 Å². The number of azide groups is 1. The molecule has 1 N–H and O–H groups in total. The average molecular weight is 212 g/mol. The second-order valence-corrected chi connectivity index (χ2v) is 3.19. The quantitative estimate of drug-likeness (QED) is 0.342. The van der Waals surface area contributed by atoms with Gasteiger partial charge in [-0.2, -0.15) is 0 Å². The molecule has 0 saturated heterocycles. The van der Waals surface area contributed by atoms with Gasteiger partial charge >= 0.3 is 0 Å². The van der Waals surface area contributed by atoms with Crippen molar-refractivity contribution in [1.29, 1.82) is 0 Å². The lowest BCUT2D eigenvalue weighted by atomic mass is 10.2. The van der Waals surface area contributed by atoms with Crippen molar-refractivity contribution >= 4 is 16.6 Å². The molecule has 0 heterocycles. The Hall–Kier alpha value is -1.72. The van der Waals surface area contributed by atoms with Gasteiger partial charge in [-0.05, 0) is 23.2 Å². The van der Waals surface area contributed by atoms with Crippen molar-refractivity contribution in [2.45, 2.75) is 6.54 Å². The molecule has 0 fully saturated rings. The van der Waals surface area contributed by atoms with Crippen molar-refractivity contribution in [3.05, 3.63) is 40.3 Å². The van der Waals surface area contributed by atoms with E-state index in [1.807, 2.05) is 0 Å². The Morgan fingerprint density at radius 1 is 1.36 bits per heavy atom. The van der Waals surface area contributed by atoms with Gasteiger partial charge in [0.1, 0.15) is 0 Å². The SMILES string of the molecule is [N-]=[N+]=NCc1ccc(N[SH](=O)=O)cc1. The van der Waals surface area contributed by atoms with Crippen molar-refractivity contribution in [2.24, 2.45) is 5.11 Å². The molecule has 6 nitrogen and oxygen atoms in total. The van der Waals surface area contributed by atoms with E-state index in [0.717, 1.165) is 5.56 Å². The summed E-state index contributed by atoms with van der Waals surface area (Å²) < 4.78 is 22.8. The molecule has 0 saturated carbocycles. The fourth-order valence-corrected chi connectivity index (χ4v) is 1.26. The molecule has 14 heavy (non-hydrogen) atoms. The first kappa shape index (κ1) is 10.4. The number of rotatable bonds is 4. The van der Waals surface area contributed by atoms with Gasteiger partial charge in [-0.1, -0.05) is 17.2 Å². The number of thiol groups is 1. The van der Waals surface area contributed by atoms with E-state index in [1.54, 1.807) is 24.3 Å². The molecule has 0 spiro atoms. The highest BCUT2D eigenvalue weighted by Crippen LogP contribution is 2.09. The minimum atomic E-state index is -2.63. The molecule has 0 unspecified atom stereocenters. The van der Waals surface area contributed by atoms with E-state index in [4.69, 9.17) is 5.53 Å². The Kier molecular flexibility index (Phi) is 3.78. The van der Waals surface area contributed by atoms with Crippen LogP contribution in [0.1, 0.15) is 5.56 Å². The van der Waals surface area contributed by atoms with Gasteiger partial charge in [-0.15, -0.1) is 0 Å². The molecule has 0 aromatic heterocycles. The Morgan fingerprint density at radius 3 is 2.50 bits per heavy atom. The molecule has 0 radical (unpaired) electrons. The van der Waals surface area contributed by atoms with Crippen molar-refractivity contribution in [1.82, 2.24) is 0 Å². The van der Waals surface area contributed by atoms with Crippen LogP contribution in [0.25, 0.3) is 10.4 Å². The second-order valence-electron chi connectivity index (χ2n) is 2.45. The third-order valence-corrected chi connectivity index (χ3v) is 1.93. The maximum atomic E-state index is 10.3. The molecule has 0 aliphatic rings. The summed E-state index contributed by atoms with van der Waals surface area (Å²) in [5, 5.41) is 3.37. The van der Waals surface area contributed by atoms with E-state index < -0.39 is 10.9 Å². The van der Waals surface area contributed by atoms with Gasteiger partial charge in [0.25, 0.3) is 0 Å². The van der Waals surface area contributed by atoms with Crippen LogP contribution in [0.4, 0.5) is 5.69 Å². The zero-order chi connectivity index (χ0) is 10.4. The molecule has 0 aliphatic carbocycles. The Morgan fingerprint density at radius 2 is 2.00 bits per heavy atom. The maximum absolute atomic E-state index is 10.3. The van der Waals surface area contributed by atoms with Crippen LogP contribution in [0.15, 0.2) is 29.4 Å². The standard InChI is InChI=1S/C7H8N4O2S/c8-11-9-5-6-1-3-7(4-2-6)10-14(12)13/h1-4,14H,5H2,(H,10,12,13). The predicted molar refractivity (Wildman–Crippen MR) is 53.2 cm³/mol. The number of hydrogen-bond acceptors (Lipinski definition) is 3. The molecule has 1 aromatic rings. The second kappa shape index (κ2) is 5.11. The third kappa shape index (κ3) is 3.34. The maximum Gasteiger partial charge on any atom is 0.222 e. The van der Waals surface area contributed by atoms with Crippen LogP contribution in [0, 0.1) is 0 Å². The Bertz CT molecular complexity index is 412. The number of hydrogen-bond donors (Lipinski definition) is 2. The molecular weight excluding hydrogens is 204 g/mol. The van der Waals surface area contributed by atoms with Crippen LogP contribution in [0.5, 0.6) is 0 Å². The summed E-state index contributed by atoms with van der Waals surface area (Å²) in [7, 11) is -2.63. The molecule has 0 bridgehead atoms. The van der Waals surface area contributed by atoms with E-state index in [9.17, 15) is 8.42 Å². The summed E-state index contributed by atoms with van der Waals surface area (Å²) in [4.78, 5) is 2.61. The van der Waals surface area contributed by atoms with E-state index in [1.165, 1.54) is 0 Å². The summed E-state index contributed by atoms with van der Waals surface area (Å²) in [6.45, 7) is 0.264. The lowest BCUT2D eigenvalue weighted by molar-refractivity contribution is 0.619. The van der Waals surface area contributed by atoms with Crippen molar-refractivity contribution in [2.75, 3.05) is 4.72 Å². The zero-order valence-corrected chi connectivity index (χ0v) is 8.02. The molecule has 1 rings (SSSR count). The molecule has 0 amide bonds. The first-order chi connectivity index (χ1) is 6.72. The summed E-state index contributed by atoms with van der Waals surface area (Å²) in [6.07, 6.45) is 0. The van der Waals surface area contributed by atoms with E-state index in [-0.39, 0.29) is 6.54 Å². The highest BCUT2D eigenvalue weighted by atomic mass is 32.2. The number of nitrogens with one attached hydrogen (secondary N) is 1. The van der Waals surface area contributed by atoms with E-state index in [2.05, 4.69) is 14.7 Å². The van der Waals surface area contributed by atoms with Crippen molar-refractivity contribution in [3.63, 3.8) is 0 Å². The fourth-order valence-electron chi connectivity index (χ4n) is 0.903. The lowest BCUT2D eigenvalue weighted by Crippen LogP contribution is -1.94. The van der Waals surface area contributed by atoms with E-state index >= 15 is 0 Å². The lowest BCUT2D eigenvalue weighted by Gasteiger charge is -1.99. The molecule has 0 aliphatic heterocycles. The topological polar surface area (TPSA) is 94.9 Å². The minimum Gasteiger partial charge on any atom is -0.286 e. The fraction of sp³-hybridized carbons (Fsp3) is 0.143. The number of anilines is 1. The summed E-state index contributed by atoms with van der Waals surface area (Å²) in [6, 6.07) is 6.59. The van der Waals surface area contributed by atoms with Gasteiger partial charge < -0.3 is 0 Å². The van der Waals surface area contributed by atoms with Crippen LogP contribution < -0.4 is 4.72 Å². The molecule has 0 atom stereocenters. The van der Waals surface area contributed by atoms with Crippen LogP contribution in [0.3, 0.4) is 0 Å². The minimum absolute atomic E-state index is 0.264. The first-order valence-electron chi connectivity index (χ1n) is 3.73. The third-order valence-electron chi connectivity index (χ3n) is 1.49. The van der Waals surface area contributed by atoms with Gasteiger partial charge in [-0.3, -0.25) is 4.72 Å². The highest BCUT2D eigenvalue weighted by molar-refractivity contribution is 7.73. The summed E-state index contributed by atoms with van der Waals surface area (Å²) >= 11 is 0. The molecule has 74 valence electrons. The van der Waals surface area contributed by atoms with Gasteiger partial charge in [-0.25, -0.2) is 8.42 Å². The highest BCUT2D eigenvalue weighted by Gasteiger charge is 1.92. The average Bonchev–Trinajstić information content (AvgIpc) is 2.16. The van der Waals surface area contributed by atoms with Gasteiger partial charge in [0.15, 0.2) is 0 Å². The zero-order valence-electron chi connectivity index (χ0n) is 7.12. The smallest absolute Gasteiger partial charge is 0.222 e. The van der Waals surface area contributed by atoms with Gasteiger partial charge in [0.05, 0.1) is 6.54 Å². The largest absolute Gasteiger partial charge is 0.286 e.